The lowest BCUT2D eigenvalue weighted by molar-refractivity contribution is -0.121. The van der Waals surface area contributed by atoms with Gasteiger partial charge in [-0.1, -0.05) is 44.5 Å². The van der Waals surface area contributed by atoms with Crippen LogP contribution in [0.5, 0.6) is 0 Å². The van der Waals surface area contributed by atoms with Crippen molar-refractivity contribution < 1.29 is 24.4 Å². The van der Waals surface area contributed by atoms with Crippen molar-refractivity contribution in [3.05, 3.63) is 34.9 Å². The zero-order valence-corrected chi connectivity index (χ0v) is 18.2. The predicted molar refractivity (Wildman–Crippen MR) is 112 cm³/mol. The van der Waals surface area contributed by atoms with E-state index < -0.39 is 30.8 Å². The Labute approximate surface area is 173 Å². The predicted octanol–water partition coefficient (Wildman–Crippen LogP) is 3.09. The molecule has 0 aliphatic heterocycles. The molecule has 1 atom stereocenters. The molecule has 1 aromatic carbocycles. The van der Waals surface area contributed by atoms with Gasteiger partial charge in [-0.15, -0.1) is 0 Å². The number of amides is 2. The van der Waals surface area contributed by atoms with Gasteiger partial charge in [-0.2, -0.15) is 0 Å². The monoisotopic (exact) mass is 414 g/mol. The van der Waals surface area contributed by atoms with Gasteiger partial charge in [-0.05, 0) is 44.4 Å². The summed E-state index contributed by atoms with van der Waals surface area (Å²) in [5.74, 6) is 0.379. The van der Waals surface area contributed by atoms with E-state index in [1.807, 2.05) is 0 Å². The zero-order chi connectivity index (χ0) is 21.9. The summed E-state index contributed by atoms with van der Waals surface area (Å²) in [5.41, 5.74) is -0.0419. The Hall–Kier alpha value is -1.77. The molecular weight excluding hydrogens is 382 g/mol. The summed E-state index contributed by atoms with van der Waals surface area (Å²) >= 11 is 5.96. The highest BCUT2D eigenvalue weighted by atomic mass is 35.5. The number of hydrogen-bond acceptors (Lipinski definition) is 5. The van der Waals surface area contributed by atoms with Gasteiger partial charge in [0.1, 0.15) is 5.60 Å². The first-order valence-electron chi connectivity index (χ1n) is 9.18. The molecule has 7 nitrogen and oxygen atoms in total. The summed E-state index contributed by atoms with van der Waals surface area (Å²) in [4.78, 5) is 23.9. The van der Waals surface area contributed by atoms with E-state index in [0.717, 1.165) is 5.92 Å². The van der Waals surface area contributed by atoms with Gasteiger partial charge in [-0.25, -0.2) is 4.79 Å². The Kier molecular flexibility index (Phi) is 11.8. The standard InChI is InChI=1S/C15H22BClN2O5.C4H10/c1-15(2,3)24-14(21)19-12(8-13(20)18-9-16(22)23)10-5-4-6-11(17)7-10;1-4(2)3/h4-7,12,22-23H,8-9H2,1-3H3,(H,18,20)(H,19,21);4H,1-3H3. The van der Waals surface area contributed by atoms with Crippen LogP contribution in [0, 0.1) is 5.92 Å². The molecule has 9 heteroatoms. The number of alkyl carbamates (subject to hydrolysis) is 1. The molecule has 1 rings (SSSR count). The van der Waals surface area contributed by atoms with Crippen LogP contribution in [0.2, 0.25) is 5.02 Å². The van der Waals surface area contributed by atoms with Crippen molar-refractivity contribution >= 4 is 30.7 Å². The molecule has 0 fully saturated rings. The Morgan fingerprint density at radius 2 is 1.79 bits per heavy atom. The van der Waals surface area contributed by atoms with Crippen LogP contribution >= 0.6 is 11.6 Å². The van der Waals surface area contributed by atoms with Crippen LogP contribution in [-0.4, -0.2) is 41.2 Å². The third-order valence-corrected chi connectivity index (χ3v) is 3.05. The lowest BCUT2D eigenvalue weighted by atomic mass is 9.92. The van der Waals surface area contributed by atoms with Crippen molar-refractivity contribution in [1.82, 2.24) is 10.6 Å². The van der Waals surface area contributed by atoms with Crippen molar-refractivity contribution in [2.24, 2.45) is 5.92 Å². The van der Waals surface area contributed by atoms with E-state index in [1.165, 1.54) is 0 Å². The van der Waals surface area contributed by atoms with Gasteiger partial charge in [0, 0.05) is 5.02 Å². The van der Waals surface area contributed by atoms with E-state index in [0.29, 0.717) is 10.6 Å². The van der Waals surface area contributed by atoms with E-state index in [9.17, 15) is 9.59 Å². The lowest BCUT2D eigenvalue weighted by Crippen LogP contribution is -2.39. The summed E-state index contributed by atoms with van der Waals surface area (Å²) in [6.45, 7) is 11.7. The Balaban J connectivity index is 0.00000165. The highest BCUT2D eigenvalue weighted by Gasteiger charge is 2.23. The minimum Gasteiger partial charge on any atom is -0.444 e. The summed E-state index contributed by atoms with van der Waals surface area (Å²) in [5, 5.41) is 23.0. The van der Waals surface area contributed by atoms with E-state index >= 15 is 0 Å². The van der Waals surface area contributed by atoms with Crippen LogP contribution in [0.3, 0.4) is 0 Å². The second kappa shape index (κ2) is 12.6. The van der Waals surface area contributed by atoms with Crippen LogP contribution < -0.4 is 10.6 Å². The van der Waals surface area contributed by atoms with Crippen molar-refractivity contribution in [1.29, 1.82) is 0 Å². The molecule has 4 N–H and O–H groups in total. The Morgan fingerprint density at radius 1 is 1.21 bits per heavy atom. The maximum Gasteiger partial charge on any atom is 0.472 e. The molecule has 0 aliphatic rings. The van der Waals surface area contributed by atoms with Gasteiger partial charge < -0.3 is 25.4 Å². The first-order valence-corrected chi connectivity index (χ1v) is 9.55. The van der Waals surface area contributed by atoms with Crippen LogP contribution in [-0.2, 0) is 9.53 Å². The topological polar surface area (TPSA) is 108 Å². The molecule has 0 saturated carbocycles. The lowest BCUT2D eigenvalue weighted by Gasteiger charge is -2.24. The molecule has 0 saturated heterocycles. The summed E-state index contributed by atoms with van der Waals surface area (Å²) in [7, 11) is -1.64. The second-order valence-electron chi connectivity index (χ2n) is 7.97. The fourth-order valence-corrected chi connectivity index (χ4v) is 2.09. The van der Waals surface area contributed by atoms with Crippen LogP contribution in [0.1, 0.15) is 59.6 Å². The van der Waals surface area contributed by atoms with Gasteiger partial charge in [-0.3, -0.25) is 4.79 Å². The number of carbonyl (C=O) groups is 2. The average molecular weight is 415 g/mol. The molecule has 0 bridgehead atoms. The molecule has 28 heavy (non-hydrogen) atoms. The van der Waals surface area contributed by atoms with E-state index in [2.05, 4.69) is 31.4 Å². The van der Waals surface area contributed by atoms with Crippen LogP contribution in [0.15, 0.2) is 24.3 Å². The number of rotatable bonds is 6. The zero-order valence-electron chi connectivity index (χ0n) is 17.5. The van der Waals surface area contributed by atoms with E-state index in [4.69, 9.17) is 26.4 Å². The number of ether oxygens (including phenoxy) is 1. The van der Waals surface area contributed by atoms with Crippen molar-refractivity contribution in [3.8, 4) is 0 Å². The molecule has 2 amide bonds. The minimum absolute atomic E-state index is 0.105. The SMILES string of the molecule is CC(C)(C)OC(=O)NC(CC(=O)NCB(O)O)c1cccc(Cl)c1.CC(C)C. The normalized spacial score (nSPS) is 11.8. The molecule has 0 heterocycles. The number of halogens is 1. The van der Waals surface area contributed by atoms with Gasteiger partial charge in [0.15, 0.2) is 0 Å². The Morgan fingerprint density at radius 3 is 2.25 bits per heavy atom. The van der Waals surface area contributed by atoms with Gasteiger partial charge in [0.05, 0.1) is 18.9 Å². The van der Waals surface area contributed by atoms with Crippen molar-refractivity contribution in [2.45, 2.75) is 59.6 Å². The summed E-state index contributed by atoms with van der Waals surface area (Å²) in [6.07, 6.45) is -1.07. The number of nitrogens with one attached hydrogen (secondary N) is 2. The third kappa shape index (κ3) is 14.3. The first kappa shape index (κ1) is 26.2. The van der Waals surface area contributed by atoms with E-state index in [1.54, 1.807) is 45.0 Å². The highest BCUT2D eigenvalue weighted by Crippen LogP contribution is 2.21. The maximum atomic E-state index is 12.0. The van der Waals surface area contributed by atoms with Crippen LogP contribution in [0.4, 0.5) is 4.79 Å². The number of hydrogen-bond donors (Lipinski definition) is 4. The first-order chi connectivity index (χ1) is 12.8. The molecule has 1 aromatic rings. The number of carbonyl (C=O) groups excluding carboxylic acids is 2. The highest BCUT2D eigenvalue weighted by molar-refractivity contribution is 6.41. The molecule has 158 valence electrons. The minimum atomic E-state index is -1.64. The van der Waals surface area contributed by atoms with Crippen LogP contribution in [0.25, 0.3) is 0 Å². The van der Waals surface area contributed by atoms with Gasteiger partial charge in [0.25, 0.3) is 0 Å². The molecule has 0 radical (unpaired) electrons. The summed E-state index contributed by atoms with van der Waals surface area (Å²) < 4.78 is 5.20. The quantitative estimate of drug-likeness (QED) is 0.535. The van der Waals surface area contributed by atoms with Gasteiger partial charge in [0.2, 0.25) is 5.91 Å². The molecule has 0 aromatic heterocycles. The van der Waals surface area contributed by atoms with Gasteiger partial charge >= 0.3 is 13.2 Å². The average Bonchev–Trinajstić information content (AvgIpc) is 2.50. The Bertz CT molecular complexity index is 618. The fraction of sp³-hybridized carbons (Fsp3) is 0.579. The molecular formula is C19H32BClN2O5. The van der Waals surface area contributed by atoms with Crippen molar-refractivity contribution in [3.63, 3.8) is 0 Å². The third-order valence-electron chi connectivity index (χ3n) is 2.81. The second-order valence-corrected chi connectivity index (χ2v) is 8.41. The smallest absolute Gasteiger partial charge is 0.444 e. The van der Waals surface area contributed by atoms with E-state index in [-0.39, 0.29) is 12.9 Å². The molecule has 0 aliphatic carbocycles. The largest absolute Gasteiger partial charge is 0.472 e. The van der Waals surface area contributed by atoms with Crippen molar-refractivity contribution in [2.75, 3.05) is 6.44 Å². The summed E-state index contributed by atoms with van der Waals surface area (Å²) in [6, 6.07) is 6.07. The number of benzene rings is 1. The maximum absolute atomic E-state index is 12.0. The molecule has 1 unspecified atom stereocenters. The molecule has 0 spiro atoms. The fourth-order valence-electron chi connectivity index (χ4n) is 1.89.